The maximum atomic E-state index is 13.0. The molecule has 4 rings (SSSR count). The van der Waals surface area contributed by atoms with Gasteiger partial charge in [0.2, 0.25) is 6.10 Å². The Balaban J connectivity index is 1.53. The molecule has 144 valence electrons. The highest BCUT2D eigenvalue weighted by Crippen LogP contribution is 2.23. The number of nitrogens with zero attached hydrogens (tertiary/aromatic N) is 2. The third-order valence-electron chi connectivity index (χ3n) is 4.66. The quantitative estimate of drug-likeness (QED) is 0.633. The molecule has 0 bridgehead atoms. The van der Waals surface area contributed by atoms with Crippen LogP contribution in [0, 0.1) is 0 Å². The van der Waals surface area contributed by atoms with Crippen molar-refractivity contribution in [3.8, 4) is 0 Å². The zero-order chi connectivity index (χ0) is 19.3. The fourth-order valence-corrected chi connectivity index (χ4v) is 3.21. The average molecular weight is 380 g/mol. The number of hydrogen-bond acceptors (Lipinski definition) is 6. The molecule has 0 spiro atoms. The van der Waals surface area contributed by atoms with Gasteiger partial charge in [-0.3, -0.25) is 9.59 Å². The zero-order valence-electron chi connectivity index (χ0n) is 15.2. The SMILES string of the molecule is O=C(Cc1noc2ccccc12)O[C@@H](C(=O)N1CCOCC1)c1ccccc1. The van der Waals surface area contributed by atoms with Crippen molar-refractivity contribution in [2.45, 2.75) is 12.5 Å². The largest absolute Gasteiger partial charge is 0.447 e. The molecule has 7 nitrogen and oxygen atoms in total. The van der Waals surface area contributed by atoms with Gasteiger partial charge in [-0.1, -0.05) is 47.6 Å². The molecule has 7 heteroatoms. The lowest BCUT2D eigenvalue weighted by atomic mass is 10.1. The van der Waals surface area contributed by atoms with E-state index in [9.17, 15) is 9.59 Å². The van der Waals surface area contributed by atoms with E-state index >= 15 is 0 Å². The van der Waals surface area contributed by atoms with Crippen molar-refractivity contribution >= 4 is 22.8 Å². The van der Waals surface area contributed by atoms with Crippen LogP contribution in [0.1, 0.15) is 17.4 Å². The zero-order valence-corrected chi connectivity index (χ0v) is 15.2. The molecule has 0 N–H and O–H groups in total. The van der Waals surface area contributed by atoms with Gasteiger partial charge in [-0.05, 0) is 12.1 Å². The van der Waals surface area contributed by atoms with Crippen molar-refractivity contribution in [2.24, 2.45) is 0 Å². The number of hydrogen-bond donors (Lipinski definition) is 0. The van der Waals surface area contributed by atoms with Crippen LogP contribution in [0.4, 0.5) is 0 Å². The van der Waals surface area contributed by atoms with Gasteiger partial charge in [-0.15, -0.1) is 0 Å². The second kappa shape index (κ2) is 8.22. The number of fused-ring (bicyclic) bond motifs is 1. The molecular formula is C21H20N2O5. The molecule has 2 heterocycles. The summed E-state index contributed by atoms with van der Waals surface area (Å²) in [6.07, 6.45) is -1.07. The highest BCUT2D eigenvalue weighted by atomic mass is 16.5. The van der Waals surface area contributed by atoms with Crippen molar-refractivity contribution < 1.29 is 23.6 Å². The summed E-state index contributed by atoms with van der Waals surface area (Å²) in [6, 6.07) is 16.3. The van der Waals surface area contributed by atoms with Crippen LogP contribution < -0.4 is 0 Å². The number of aromatic nitrogens is 1. The smallest absolute Gasteiger partial charge is 0.313 e. The number of morpholine rings is 1. The second-order valence-corrected chi connectivity index (χ2v) is 6.52. The summed E-state index contributed by atoms with van der Waals surface area (Å²) < 4.78 is 16.2. The van der Waals surface area contributed by atoms with Crippen LogP contribution in [0.5, 0.6) is 0 Å². The van der Waals surface area contributed by atoms with Crippen LogP contribution in [-0.2, 0) is 25.5 Å². The first-order chi connectivity index (χ1) is 13.7. The van der Waals surface area contributed by atoms with E-state index in [1.165, 1.54) is 0 Å². The normalized spacial score (nSPS) is 15.4. The first-order valence-corrected chi connectivity index (χ1v) is 9.16. The van der Waals surface area contributed by atoms with Crippen molar-refractivity contribution in [1.29, 1.82) is 0 Å². The first kappa shape index (κ1) is 18.2. The van der Waals surface area contributed by atoms with Gasteiger partial charge in [-0.25, -0.2) is 0 Å². The molecule has 1 aliphatic heterocycles. The highest BCUT2D eigenvalue weighted by Gasteiger charge is 2.30. The van der Waals surface area contributed by atoms with Crippen LogP contribution in [-0.4, -0.2) is 48.2 Å². The maximum absolute atomic E-state index is 13.0. The van der Waals surface area contributed by atoms with E-state index in [1.807, 2.05) is 36.4 Å². The molecule has 1 aliphatic rings. The standard InChI is InChI=1S/C21H20N2O5/c24-19(14-17-16-8-4-5-9-18(16)28-22-17)27-20(15-6-2-1-3-7-15)21(25)23-10-12-26-13-11-23/h1-9,20H,10-14H2/t20-/m1/s1. The summed E-state index contributed by atoms with van der Waals surface area (Å²) in [6.45, 7) is 1.92. The van der Waals surface area contributed by atoms with E-state index in [4.69, 9.17) is 14.0 Å². The minimum Gasteiger partial charge on any atom is -0.447 e. The van der Waals surface area contributed by atoms with Crippen LogP contribution >= 0.6 is 0 Å². The van der Waals surface area contributed by atoms with E-state index in [1.54, 1.807) is 23.1 Å². The summed E-state index contributed by atoms with van der Waals surface area (Å²) in [4.78, 5) is 27.3. The van der Waals surface area contributed by atoms with Gasteiger partial charge in [0.1, 0.15) is 5.69 Å². The number of rotatable bonds is 5. The number of amides is 1. The third kappa shape index (κ3) is 3.89. The lowest BCUT2D eigenvalue weighted by Crippen LogP contribution is -2.44. The second-order valence-electron chi connectivity index (χ2n) is 6.52. The Morgan fingerprint density at radius 2 is 1.75 bits per heavy atom. The Labute approximate surface area is 161 Å². The molecule has 1 aromatic heterocycles. The minimum atomic E-state index is -0.995. The fraction of sp³-hybridized carbons (Fsp3) is 0.286. The molecular weight excluding hydrogens is 360 g/mol. The van der Waals surface area contributed by atoms with Crippen LogP contribution in [0.25, 0.3) is 11.0 Å². The van der Waals surface area contributed by atoms with Gasteiger partial charge in [0.05, 0.1) is 19.6 Å². The Morgan fingerprint density at radius 1 is 1.04 bits per heavy atom. The van der Waals surface area contributed by atoms with Crippen molar-refractivity contribution in [2.75, 3.05) is 26.3 Å². The number of benzene rings is 2. The Bertz CT molecular complexity index is 963. The van der Waals surface area contributed by atoms with E-state index in [0.29, 0.717) is 43.1 Å². The number of esters is 1. The Hall–Kier alpha value is -3.19. The molecule has 0 aliphatic carbocycles. The average Bonchev–Trinajstić information content (AvgIpc) is 3.15. The predicted octanol–water partition coefficient (Wildman–Crippen LogP) is 2.51. The molecule has 28 heavy (non-hydrogen) atoms. The number of para-hydroxylation sites is 1. The molecule has 0 unspecified atom stereocenters. The highest BCUT2D eigenvalue weighted by molar-refractivity contribution is 5.87. The lowest BCUT2D eigenvalue weighted by molar-refractivity contribution is -0.162. The Morgan fingerprint density at radius 3 is 2.54 bits per heavy atom. The van der Waals surface area contributed by atoms with Crippen LogP contribution in [0.2, 0.25) is 0 Å². The first-order valence-electron chi connectivity index (χ1n) is 9.16. The minimum absolute atomic E-state index is 0.0727. The van der Waals surface area contributed by atoms with Crippen molar-refractivity contribution in [1.82, 2.24) is 10.1 Å². The number of carbonyl (C=O) groups excluding carboxylic acids is 2. The van der Waals surface area contributed by atoms with Crippen LogP contribution in [0.15, 0.2) is 59.1 Å². The lowest BCUT2D eigenvalue weighted by Gasteiger charge is -2.30. The van der Waals surface area contributed by atoms with E-state index in [0.717, 1.165) is 5.39 Å². The van der Waals surface area contributed by atoms with E-state index in [-0.39, 0.29) is 12.3 Å². The van der Waals surface area contributed by atoms with Crippen molar-refractivity contribution in [3.63, 3.8) is 0 Å². The molecule has 1 fully saturated rings. The molecule has 1 atom stereocenters. The topological polar surface area (TPSA) is 81.9 Å². The number of carbonyl (C=O) groups is 2. The molecule has 1 amide bonds. The van der Waals surface area contributed by atoms with Gasteiger partial charge in [-0.2, -0.15) is 0 Å². The predicted molar refractivity (Wildman–Crippen MR) is 100 cm³/mol. The number of ether oxygens (including phenoxy) is 2. The van der Waals surface area contributed by atoms with Crippen LogP contribution in [0.3, 0.4) is 0 Å². The summed E-state index contributed by atoms with van der Waals surface area (Å²) in [5, 5.41) is 4.72. The summed E-state index contributed by atoms with van der Waals surface area (Å²) in [5.74, 6) is -0.776. The molecule has 2 aromatic carbocycles. The van der Waals surface area contributed by atoms with Gasteiger partial charge in [0.15, 0.2) is 5.58 Å². The van der Waals surface area contributed by atoms with E-state index in [2.05, 4.69) is 5.16 Å². The fourth-order valence-electron chi connectivity index (χ4n) is 3.21. The van der Waals surface area contributed by atoms with Gasteiger partial charge in [0.25, 0.3) is 5.91 Å². The van der Waals surface area contributed by atoms with E-state index < -0.39 is 12.1 Å². The summed E-state index contributed by atoms with van der Waals surface area (Å²) >= 11 is 0. The molecule has 3 aromatic rings. The van der Waals surface area contributed by atoms with Gasteiger partial charge < -0.3 is 18.9 Å². The van der Waals surface area contributed by atoms with Gasteiger partial charge in [0, 0.05) is 24.0 Å². The molecule has 1 saturated heterocycles. The maximum Gasteiger partial charge on any atom is 0.313 e. The molecule has 0 radical (unpaired) electrons. The summed E-state index contributed by atoms with van der Waals surface area (Å²) in [5.41, 5.74) is 1.73. The summed E-state index contributed by atoms with van der Waals surface area (Å²) in [7, 11) is 0. The van der Waals surface area contributed by atoms with Gasteiger partial charge >= 0.3 is 5.97 Å². The monoisotopic (exact) mass is 380 g/mol. The third-order valence-corrected chi connectivity index (χ3v) is 4.66. The van der Waals surface area contributed by atoms with Crippen molar-refractivity contribution in [3.05, 3.63) is 65.9 Å². The Kier molecular flexibility index (Phi) is 5.34. The molecule has 0 saturated carbocycles.